The first-order chi connectivity index (χ1) is 7.95. The Morgan fingerprint density at radius 2 is 2.00 bits per heavy atom. The Balaban J connectivity index is 4.01. The second-order valence-corrected chi connectivity index (χ2v) is 4.47. The van der Waals surface area contributed by atoms with Crippen molar-refractivity contribution in [1.29, 1.82) is 0 Å². The SMILES string of the molecule is C=CCNC(=O)NCC(CC(=O)O)CC(C)C. The molecule has 5 heteroatoms. The van der Waals surface area contributed by atoms with Crippen LogP contribution in [0.25, 0.3) is 0 Å². The van der Waals surface area contributed by atoms with Gasteiger partial charge in [0.15, 0.2) is 0 Å². The van der Waals surface area contributed by atoms with Crippen LogP contribution in [0.3, 0.4) is 0 Å². The highest BCUT2D eigenvalue weighted by Crippen LogP contribution is 2.14. The molecule has 1 atom stereocenters. The van der Waals surface area contributed by atoms with Crippen molar-refractivity contribution >= 4 is 12.0 Å². The Hall–Kier alpha value is -1.52. The Kier molecular flexibility index (Phi) is 7.84. The fourth-order valence-corrected chi connectivity index (χ4v) is 1.62. The summed E-state index contributed by atoms with van der Waals surface area (Å²) in [7, 11) is 0. The second-order valence-electron chi connectivity index (χ2n) is 4.47. The Labute approximate surface area is 102 Å². The number of urea groups is 1. The number of hydrogen-bond donors (Lipinski definition) is 3. The van der Waals surface area contributed by atoms with Crippen LogP contribution in [0.5, 0.6) is 0 Å². The molecule has 0 heterocycles. The van der Waals surface area contributed by atoms with Crippen LogP contribution in [0.15, 0.2) is 12.7 Å². The van der Waals surface area contributed by atoms with Crippen molar-refractivity contribution < 1.29 is 14.7 Å². The van der Waals surface area contributed by atoms with Crippen LogP contribution < -0.4 is 10.6 Å². The summed E-state index contributed by atoms with van der Waals surface area (Å²) in [6.45, 7) is 8.34. The molecular weight excluding hydrogens is 220 g/mol. The maximum absolute atomic E-state index is 11.3. The molecule has 1 unspecified atom stereocenters. The summed E-state index contributed by atoms with van der Waals surface area (Å²) >= 11 is 0. The van der Waals surface area contributed by atoms with E-state index in [1.165, 1.54) is 0 Å². The largest absolute Gasteiger partial charge is 0.481 e. The van der Waals surface area contributed by atoms with Crippen LogP contribution in [-0.2, 0) is 4.79 Å². The van der Waals surface area contributed by atoms with E-state index in [1.807, 2.05) is 13.8 Å². The van der Waals surface area contributed by atoms with Gasteiger partial charge in [-0.05, 0) is 18.3 Å². The van der Waals surface area contributed by atoms with Crippen molar-refractivity contribution in [2.75, 3.05) is 13.1 Å². The zero-order chi connectivity index (χ0) is 13.3. The number of amides is 2. The van der Waals surface area contributed by atoms with Crippen LogP contribution in [0.4, 0.5) is 4.79 Å². The zero-order valence-electron chi connectivity index (χ0n) is 10.5. The minimum atomic E-state index is -0.830. The van der Waals surface area contributed by atoms with Gasteiger partial charge in [0.1, 0.15) is 0 Å². The summed E-state index contributed by atoms with van der Waals surface area (Å²) in [5.74, 6) is -0.441. The molecule has 0 aliphatic heterocycles. The average Bonchev–Trinajstić information content (AvgIpc) is 2.21. The van der Waals surface area contributed by atoms with E-state index in [9.17, 15) is 9.59 Å². The molecular formula is C12H22N2O3. The van der Waals surface area contributed by atoms with E-state index < -0.39 is 5.97 Å². The van der Waals surface area contributed by atoms with Crippen LogP contribution in [0.1, 0.15) is 26.7 Å². The van der Waals surface area contributed by atoms with E-state index in [-0.39, 0.29) is 18.4 Å². The van der Waals surface area contributed by atoms with Crippen molar-refractivity contribution in [1.82, 2.24) is 10.6 Å². The minimum absolute atomic E-state index is 0.0259. The first-order valence-corrected chi connectivity index (χ1v) is 5.80. The van der Waals surface area contributed by atoms with Gasteiger partial charge in [0.25, 0.3) is 0 Å². The Morgan fingerprint density at radius 3 is 2.47 bits per heavy atom. The van der Waals surface area contributed by atoms with Gasteiger partial charge in [0.05, 0.1) is 0 Å². The molecule has 0 aliphatic rings. The third-order valence-electron chi connectivity index (χ3n) is 2.23. The highest BCUT2D eigenvalue weighted by molar-refractivity contribution is 5.74. The minimum Gasteiger partial charge on any atom is -0.481 e. The number of carboxylic acid groups (broad SMARTS) is 1. The lowest BCUT2D eigenvalue weighted by Gasteiger charge is -2.17. The summed E-state index contributed by atoms with van der Waals surface area (Å²) in [6, 6.07) is -0.288. The smallest absolute Gasteiger partial charge is 0.315 e. The van der Waals surface area contributed by atoms with Crippen LogP contribution in [0.2, 0.25) is 0 Å². The summed E-state index contributed by atoms with van der Waals surface area (Å²) < 4.78 is 0. The van der Waals surface area contributed by atoms with Gasteiger partial charge in [-0.3, -0.25) is 4.79 Å². The lowest BCUT2D eigenvalue weighted by molar-refractivity contribution is -0.138. The van der Waals surface area contributed by atoms with Gasteiger partial charge < -0.3 is 15.7 Å². The number of hydrogen-bond acceptors (Lipinski definition) is 2. The van der Waals surface area contributed by atoms with E-state index >= 15 is 0 Å². The van der Waals surface area contributed by atoms with E-state index in [0.717, 1.165) is 6.42 Å². The molecule has 3 N–H and O–H groups in total. The molecule has 0 saturated carbocycles. The molecule has 0 aromatic rings. The van der Waals surface area contributed by atoms with Gasteiger partial charge in [-0.1, -0.05) is 19.9 Å². The number of carbonyl (C=O) groups excluding carboxylic acids is 1. The molecule has 17 heavy (non-hydrogen) atoms. The molecule has 0 saturated heterocycles. The number of carboxylic acids is 1. The molecule has 0 rings (SSSR count). The van der Waals surface area contributed by atoms with Gasteiger partial charge in [-0.15, -0.1) is 6.58 Å². The van der Waals surface area contributed by atoms with E-state index in [2.05, 4.69) is 17.2 Å². The third-order valence-corrected chi connectivity index (χ3v) is 2.23. The van der Waals surface area contributed by atoms with E-state index in [4.69, 9.17) is 5.11 Å². The van der Waals surface area contributed by atoms with Crippen molar-refractivity contribution in [3.63, 3.8) is 0 Å². The summed E-state index contributed by atoms with van der Waals surface area (Å²) in [6.07, 6.45) is 2.45. The Bertz CT molecular complexity index is 264. The zero-order valence-corrected chi connectivity index (χ0v) is 10.5. The van der Waals surface area contributed by atoms with Crippen LogP contribution in [0, 0.1) is 11.8 Å². The predicted molar refractivity (Wildman–Crippen MR) is 66.8 cm³/mol. The lowest BCUT2D eigenvalue weighted by Crippen LogP contribution is -2.38. The van der Waals surface area contributed by atoms with Gasteiger partial charge in [0, 0.05) is 19.5 Å². The summed E-state index contributed by atoms with van der Waals surface area (Å²) in [4.78, 5) is 21.9. The third kappa shape index (κ3) is 9.41. The first-order valence-electron chi connectivity index (χ1n) is 5.80. The van der Waals surface area contributed by atoms with Crippen molar-refractivity contribution in [2.24, 2.45) is 11.8 Å². The topological polar surface area (TPSA) is 78.4 Å². The molecule has 0 aliphatic carbocycles. The summed E-state index contributed by atoms with van der Waals surface area (Å²) in [5.41, 5.74) is 0. The molecule has 0 aromatic carbocycles. The second kappa shape index (κ2) is 8.61. The van der Waals surface area contributed by atoms with Gasteiger partial charge >= 0.3 is 12.0 Å². The van der Waals surface area contributed by atoms with Crippen molar-refractivity contribution in [3.8, 4) is 0 Å². The molecule has 2 amide bonds. The monoisotopic (exact) mass is 242 g/mol. The number of aliphatic carboxylic acids is 1. The number of rotatable bonds is 8. The molecule has 98 valence electrons. The van der Waals surface area contributed by atoms with Gasteiger partial charge in [-0.2, -0.15) is 0 Å². The highest BCUT2D eigenvalue weighted by atomic mass is 16.4. The maximum atomic E-state index is 11.3. The fourth-order valence-electron chi connectivity index (χ4n) is 1.62. The standard InChI is InChI=1S/C12H22N2O3/c1-4-5-13-12(17)14-8-10(6-9(2)3)7-11(15)16/h4,9-10H,1,5-8H2,2-3H3,(H,15,16)(H2,13,14,17). The van der Waals surface area contributed by atoms with Gasteiger partial charge in [-0.25, -0.2) is 4.79 Å². The average molecular weight is 242 g/mol. The lowest BCUT2D eigenvalue weighted by atomic mass is 9.94. The Morgan fingerprint density at radius 1 is 1.35 bits per heavy atom. The predicted octanol–water partition coefficient (Wildman–Crippen LogP) is 1.61. The molecule has 0 aromatic heterocycles. The van der Waals surface area contributed by atoms with Crippen LogP contribution >= 0.6 is 0 Å². The molecule has 0 radical (unpaired) electrons. The number of nitrogens with one attached hydrogen (secondary N) is 2. The first kappa shape index (κ1) is 15.5. The van der Waals surface area contributed by atoms with E-state index in [0.29, 0.717) is 19.0 Å². The van der Waals surface area contributed by atoms with Crippen molar-refractivity contribution in [2.45, 2.75) is 26.7 Å². The number of carbonyl (C=O) groups is 2. The quantitative estimate of drug-likeness (QED) is 0.566. The summed E-state index contributed by atoms with van der Waals surface area (Å²) in [5, 5.41) is 14.0. The molecule has 0 bridgehead atoms. The molecule has 0 fully saturated rings. The highest BCUT2D eigenvalue weighted by Gasteiger charge is 2.15. The van der Waals surface area contributed by atoms with E-state index in [1.54, 1.807) is 6.08 Å². The van der Waals surface area contributed by atoms with Gasteiger partial charge in [0.2, 0.25) is 0 Å². The van der Waals surface area contributed by atoms with Crippen molar-refractivity contribution in [3.05, 3.63) is 12.7 Å². The molecule has 0 spiro atoms. The van der Waals surface area contributed by atoms with Crippen LogP contribution in [-0.4, -0.2) is 30.2 Å². The molecule has 5 nitrogen and oxygen atoms in total. The fraction of sp³-hybridized carbons (Fsp3) is 0.667. The normalized spacial score (nSPS) is 11.9. The maximum Gasteiger partial charge on any atom is 0.315 e.